The minimum atomic E-state index is -0.758. The quantitative estimate of drug-likeness (QED) is 0.892. The van der Waals surface area contributed by atoms with Gasteiger partial charge in [-0.05, 0) is 39.0 Å². The molecule has 1 fully saturated rings. The van der Waals surface area contributed by atoms with E-state index >= 15 is 0 Å². The first-order chi connectivity index (χ1) is 8.63. The van der Waals surface area contributed by atoms with E-state index in [9.17, 15) is 8.78 Å². The van der Waals surface area contributed by atoms with Crippen molar-refractivity contribution in [2.24, 2.45) is 0 Å². The van der Waals surface area contributed by atoms with E-state index < -0.39 is 11.6 Å². The van der Waals surface area contributed by atoms with Crippen LogP contribution >= 0.6 is 0 Å². The van der Waals surface area contributed by atoms with Crippen LogP contribution in [0.15, 0.2) is 18.2 Å². The summed E-state index contributed by atoms with van der Waals surface area (Å²) in [6, 6.07) is 4.79. The van der Waals surface area contributed by atoms with E-state index in [1.165, 1.54) is 6.07 Å². The molecule has 2 nitrogen and oxygen atoms in total. The number of benzene rings is 1. The molecule has 0 saturated carbocycles. The Morgan fingerprint density at radius 1 is 1.39 bits per heavy atom. The average Bonchev–Trinajstić information content (AvgIpc) is 2.36. The molecule has 0 aromatic heterocycles. The van der Waals surface area contributed by atoms with Gasteiger partial charge in [-0.3, -0.25) is 4.90 Å². The van der Waals surface area contributed by atoms with Crippen LogP contribution in [0.4, 0.5) is 8.78 Å². The highest BCUT2D eigenvalue weighted by molar-refractivity contribution is 5.23. The van der Waals surface area contributed by atoms with Crippen LogP contribution in [0.2, 0.25) is 0 Å². The number of nitrogens with one attached hydrogen (secondary N) is 1. The Bertz CT molecular complexity index is 409. The molecule has 18 heavy (non-hydrogen) atoms. The fourth-order valence-corrected chi connectivity index (χ4v) is 2.70. The largest absolute Gasteiger partial charge is 0.314 e. The summed E-state index contributed by atoms with van der Waals surface area (Å²) in [5.41, 5.74) is 0.472. The monoisotopic (exact) mass is 254 g/mol. The molecule has 0 radical (unpaired) electrons. The lowest BCUT2D eigenvalue weighted by atomic mass is 9.92. The summed E-state index contributed by atoms with van der Waals surface area (Å²) in [4.78, 5) is 2.10. The highest BCUT2D eigenvalue weighted by Gasteiger charge is 2.29. The summed E-state index contributed by atoms with van der Waals surface area (Å²) in [7, 11) is 1.97. The lowest BCUT2D eigenvalue weighted by Crippen LogP contribution is -2.42. The van der Waals surface area contributed by atoms with Gasteiger partial charge in [0.25, 0.3) is 0 Å². The SMILES string of the molecule is CCN[C@@H]1CCN(C)[C@H](c2cccc(F)c2F)C1. The highest BCUT2D eigenvalue weighted by Crippen LogP contribution is 2.31. The minimum Gasteiger partial charge on any atom is -0.314 e. The van der Waals surface area contributed by atoms with E-state index in [1.54, 1.807) is 12.1 Å². The molecule has 1 heterocycles. The van der Waals surface area contributed by atoms with Gasteiger partial charge >= 0.3 is 0 Å². The molecule has 1 aromatic carbocycles. The molecule has 0 spiro atoms. The van der Waals surface area contributed by atoms with Crippen molar-refractivity contribution in [2.45, 2.75) is 31.8 Å². The Morgan fingerprint density at radius 2 is 2.17 bits per heavy atom. The van der Waals surface area contributed by atoms with Crippen molar-refractivity contribution in [2.75, 3.05) is 20.1 Å². The molecule has 1 aliphatic rings. The lowest BCUT2D eigenvalue weighted by molar-refractivity contribution is 0.154. The standard InChI is InChI=1S/C14H20F2N2/c1-3-17-10-7-8-18(2)13(9-10)11-5-4-6-12(15)14(11)16/h4-6,10,13,17H,3,7-9H2,1-2H3/t10-,13+/m1/s1. The Morgan fingerprint density at radius 3 is 2.89 bits per heavy atom. The summed E-state index contributed by atoms with van der Waals surface area (Å²) >= 11 is 0. The summed E-state index contributed by atoms with van der Waals surface area (Å²) in [5, 5.41) is 3.40. The van der Waals surface area contributed by atoms with Gasteiger partial charge < -0.3 is 5.32 Å². The Kier molecular flexibility index (Phi) is 4.30. The molecule has 1 aromatic rings. The normalized spacial score (nSPS) is 25.3. The van der Waals surface area contributed by atoms with Gasteiger partial charge in [-0.2, -0.15) is 0 Å². The van der Waals surface area contributed by atoms with Crippen LogP contribution in [-0.2, 0) is 0 Å². The second kappa shape index (κ2) is 5.76. The van der Waals surface area contributed by atoms with Gasteiger partial charge in [-0.25, -0.2) is 8.78 Å². The molecule has 1 N–H and O–H groups in total. The third-order valence-electron chi connectivity index (χ3n) is 3.70. The fourth-order valence-electron chi connectivity index (χ4n) is 2.70. The average molecular weight is 254 g/mol. The second-order valence-electron chi connectivity index (χ2n) is 4.92. The molecule has 0 amide bonds. The first-order valence-corrected chi connectivity index (χ1v) is 6.51. The van der Waals surface area contributed by atoms with Crippen molar-refractivity contribution in [1.82, 2.24) is 10.2 Å². The van der Waals surface area contributed by atoms with Crippen molar-refractivity contribution < 1.29 is 8.78 Å². The van der Waals surface area contributed by atoms with Crippen molar-refractivity contribution in [3.63, 3.8) is 0 Å². The van der Waals surface area contributed by atoms with Crippen LogP contribution in [0.25, 0.3) is 0 Å². The van der Waals surface area contributed by atoms with E-state index in [0.29, 0.717) is 11.6 Å². The predicted molar refractivity (Wildman–Crippen MR) is 68.4 cm³/mol. The molecular formula is C14H20F2N2. The first kappa shape index (κ1) is 13.4. The van der Waals surface area contributed by atoms with Crippen LogP contribution in [0.1, 0.15) is 31.4 Å². The smallest absolute Gasteiger partial charge is 0.163 e. The fraction of sp³-hybridized carbons (Fsp3) is 0.571. The maximum absolute atomic E-state index is 13.9. The lowest BCUT2D eigenvalue weighted by Gasteiger charge is -2.37. The third kappa shape index (κ3) is 2.70. The summed E-state index contributed by atoms with van der Waals surface area (Å²) in [6.07, 6.45) is 1.88. The number of hydrogen-bond acceptors (Lipinski definition) is 2. The van der Waals surface area contributed by atoms with Gasteiger partial charge in [-0.15, -0.1) is 0 Å². The van der Waals surface area contributed by atoms with Crippen molar-refractivity contribution >= 4 is 0 Å². The summed E-state index contributed by atoms with van der Waals surface area (Å²) in [6.45, 7) is 3.88. The van der Waals surface area contributed by atoms with Crippen molar-refractivity contribution in [3.05, 3.63) is 35.4 Å². The van der Waals surface area contributed by atoms with Gasteiger partial charge in [0.1, 0.15) is 0 Å². The number of rotatable bonds is 3. The zero-order chi connectivity index (χ0) is 13.1. The number of likely N-dealkylation sites (tertiary alicyclic amines) is 1. The summed E-state index contributed by atoms with van der Waals surface area (Å²) < 4.78 is 27.1. The van der Waals surface area contributed by atoms with E-state index in [-0.39, 0.29) is 6.04 Å². The minimum absolute atomic E-state index is 0.0431. The first-order valence-electron chi connectivity index (χ1n) is 6.51. The molecule has 0 aliphatic carbocycles. The predicted octanol–water partition coefficient (Wildman–Crippen LogP) is 2.71. The zero-order valence-electron chi connectivity index (χ0n) is 10.9. The molecule has 0 bridgehead atoms. The van der Waals surface area contributed by atoms with Gasteiger partial charge in [0.05, 0.1) is 0 Å². The van der Waals surface area contributed by atoms with Crippen LogP contribution < -0.4 is 5.32 Å². The van der Waals surface area contributed by atoms with Gasteiger partial charge in [-0.1, -0.05) is 19.1 Å². The Hall–Kier alpha value is -1.00. The highest BCUT2D eigenvalue weighted by atomic mass is 19.2. The zero-order valence-corrected chi connectivity index (χ0v) is 10.9. The van der Waals surface area contributed by atoms with Crippen LogP contribution in [0.5, 0.6) is 0 Å². The van der Waals surface area contributed by atoms with E-state index in [0.717, 1.165) is 25.9 Å². The topological polar surface area (TPSA) is 15.3 Å². The maximum atomic E-state index is 13.9. The molecule has 0 unspecified atom stereocenters. The molecule has 2 atom stereocenters. The molecule has 1 saturated heterocycles. The molecule has 2 rings (SSSR count). The summed E-state index contributed by atoms with van der Waals surface area (Å²) in [5.74, 6) is -1.46. The molecule has 100 valence electrons. The van der Waals surface area contributed by atoms with E-state index in [1.807, 2.05) is 7.05 Å². The molecule has 1 aliphatic heterocycles. The number of nitrogens with zero attached hydrogens (tertiary/aromatic N) is 1. The number of hydrogen-bond donors (Lipinski definition) is 1. The Balaban J connectivity index is 2.21. The maximum Gasteiger partial charge on any atom is 0.163 e. The third-order valence-corrected chi connectivity index (χ3v) is 3.70. The molecule has 4 heteroatoms. The van der Waals surface area contributed by atoms with Gasteiger partial charge in [0.2, 0.25) is 0 Å². The van der Waals surface area contributed by atoms with Gasteiger partial charge in [0, 0.05) is 17.6 Å². The van der Waals surface area contributed by atoms with Crippen LogP contribution in [0, 0.1) is 11.6 Å². The number of piperidine rings is 1. The van der Waals surface area contributed by atoms with E-state index in [4.69, 9.17) is 0 Å². The van der Waals surface area contributed by atoms with E-state index in [2.05, 4.69) is 17.1 Å². The van der Waals surface area contributed by atoms with Crippen LogP contribution in [-0.4, -0.2) is 31.1 Å². The Labute approximate surface area is 107 Å². The van der Waals surface area contributed by atoms with Crippen molar-refractivity contribution in [3.8, 4) is 0 Å². The van der Waals surface area contributed by atoms with Crippen LogP contribution in [0.3, 0.4) is 0 Å². The second-order valence-corrected chi connectivity index (χ2v) is 4.92. The van der Waals surface area contributed by atoms with Gasteiger partial charge in [0.15, 0.2) is 11.6 Å². The van der Waals surface area contributed by atoms with Crippen molar-refractivity contribution in [1.29, 1.82) is 0 Å². The molecular weight excluding hydrogens is 234 g/mol. The number of halogens is 2.